The van der Waals surface area contributed by atoms with Crippen molar-refractivity contribution in [2.24, 2.45) is 0 Å². The third-order valence-electron chi connectivity index (χ3n) is 4.50. The van der Waals surface area contributed by atoms with Crippen LogP contribution in [0.1, 0.15) is 103 Å². The summed E-state index contributed by atoms with van der Waals surface area (Å²) in [6.45, 7) is 0. The average molecular weight is 573 g/mol. The van der Waals surface area contributed by atoms with Crippen molar-refractivity contribution in [3.8, 4) is 0 Å². The highest BCUT2D eigenvalue weighted by Crippen LogP contribution is 2.59. The first-order chi connectivity index (χ1) is 14.0. The molecule has 28 heavy (non-hydrogen) atoms. The summed E-state index contributed by atoms with van der Waals surface area (Å²) in [5.74, 6) is 2.63. The van der Waals surface area contributed by atoms with Crippen molar-refractivity contribution in [3.63, 3.8) is 0 Å². The average Bonchev–Trinajstić information content (AvgIpc) is 2.71. The van der Waals surface area contributed by atoms with Crippen molar-refractivity contribution >= 4 is 100 Å². The minimum absolute atomic E-state index is 1.31. The van der Waals surface area contributed by atoms with Crippen molar-refractivity contribution in [2.45, 2.75) is 103 Å². The molecule has 1 aliphatic rings. The third kappa shape index (κ3) is 24.1. The predicted molar refractivity (Wildman–Crippen MR) is 160 cm³/mol. The highest BCUT2D eigenvalue weighted by molar-refractivity contribution is 9.52. The number of hydrogen-bond donors (Lipinski definition) is 0. The maximum Gasteiger partial charge on any atom is 0.00454 e. The van der Waals surface area contributed by atoms with E-state index in [4.69, 9.17) is 0 Å². The Balaban J connectivity index is 2.00. The molecular formula is C18H36S10. The Morgan fingerprint density at radius 2 is 0.429 bits per heavy atom. The summed E-state index contributed by atoms with van der Waals surface area (Å²) in [4.78, 5) is 0. The normalized spacial score (nSPS) is 24.0. The number of rotatable bonds is 0. The summed E-state index contributed by atoms with van der Waals surface area (Å²) < 4.78 is 0. The molecule has 1 aliphatic heterocycles. The van der Waals surface area contributed by atoms with Gasteiger partial charge < -0.3 is 0 Å². The van der Waals surface area contributed by atoms with Crippen LogP contribution >= 0.6 is 100 Å². The molecule has 0 aromatic carbocycles. The quantitative estimate of drug-likeness (QED) is 0.256. The molecule has 0 aromatic heterocycles. The lowest BCUT2D eigenvalue weighted by molar-refractivity contribution is 0.532. The first-order valence-electron chi connectivity index (χ1n) is 10.6. The van der Waals surface area contributed by atoms with Gasteiger partial charge in [0.25, 0.3) is 0 Å². The fourth-order valence-electron chi connectivity index (χ4n) is 2.97. The van der Waals surface area contributed by atoms with E-state index in [0.29, 0.717) is 0 Å². The monoisotopic (exact) mass is 572 g/mol. The van der Waals surface area contributed by atoms with Gasteiger partial charge in [-0.2, -0.15) is 0 Å². The number of hydrogen-bond acceptors (Lipinski definition) is 10. The summed E-state index contributed by atoms with van der Waals surface area (Å²) in [7, 11) is 19.4. The molecule has 0 bridgehead atoms. The Hall–Kier alpha value is 3.50. The summed E-state index contributed by atoms with van der Waals surface area (Å²) in [5, 5.41) is 0. The molecule has 0 spiro atoms. The van der Waals surface area contributed by atoms with E-state index in [1.807, 2.05) is 100 Å². The first-order valence-corrected chi connectivity index (χ1v) is 23.7. The molecule has 0 N–H and O–H groups in total. The van der Waals surface area contributed by atoms with E-state index in [0.717, 1.165) is 0 Å². The largest absolute Gasteiger partial charge is 0.0817 e. The lowest BCUT2D eigenvalue weighted by atomic mass is 10.0. The minimum atomic E-state index is 1.31. The summed E-state index contributed by atoms with van der Waals surface area (Å²) in [6, 6.07) is 0. The van der Waals surface area contributed by atoms with E-state index >= 15 is 0 Å². The molecular weight excluding hydrogens is 537 g/mol. The zero-order valence-electron chi connectivity index (χ0n) is 16.8. The van der Waals surface area contributed by atoms with Crippen LogP contribution in [0.3, 0.4) is 0 Å². The first kappa shape index (κ1) is 29.5. The van der Waals surface area contributed by atoms with Crippen LogP contribution in [-0.2, 0) is 0 Å². The third-order valence-corrected chi connectivity index (χ3v) is 24.5. The maximum atomic E-state index is 2.04. The van der Waals surface area contributed by atoms with E-state index in [-0.39, 0.29) is 0 Å². The second-order valence-corrected chi connectivity index (χ2v) is 23.7. The second-order valence-electron chi connectivity index (χ2n) is 6.85. The summed E-state index contributed by atoms with van der Waals surface area (Å²) >= 11 is 0. The molecule has 1 rings (SSSR count). The van der Waals surface area contributed by atoms with Gasteiger partial charge in [-0.25, -0.2) is 0 Å². The molecule has 168 valence electrons. The Morgan fingerprint density at radius 1 is 0.214 bits per heavy atom. The van der Waals surface area contributed by atoms with Crippen LogP contribution in [0.4, 0.5) is 0 Å². The summed E-state index contributed by atoms with van der Waals surface area (Å²) in [6.07, 6.45) is 23.3. The molecule has 1 fully saturated rings. The zero-order chi connectivity index (χ0) is 19.8. The van der Waals surface area contributed by atoms with Crippen LogP contribution < -0.4 is 0 Å². The van der Waals surface area contributed by atoms with Crippen LogP contribution in [0.2, 0.25) is 0 Å². The van der Waals surface area contributed by atoms with Crippen LogP contribution in [0.25, 0.3) is 0 Å². The summed E-state index contributed by atoms with van der Waals surface area (Å²) in [5.41, 5.74) is 0. The van der Waals surface area contributed by atoms with Gasteiger partial charge >= 0.3 is 0 Å². The highest BCUT2D eigenvalue weighted by Gasteiger charge is 1.99. The molecule has 0 radical (unpaired) electrons. The van der Waals surface area contributed by atoms with Gasteiger partial charge in [0.2, 0.25) is 0 Å². The molecule has 0 saturated carbocycles. The van der Waals surface area contributed by atoms with Crippen LogP contribution in [-0.4, -0.2) is 11.5 Å². The lowest BCUT2D eigenvalue weighted by Crippen LogP contribution is -1.84. The van der Waals surface area contributed by atoms with Crippen molar-refractivity contribution in [2.75, 3.05) is 11.5 Å². The molecule has 0 amide bonds. The smallest absolute Gasteiger partial charge is 0.00454 e. The Morgan fingerprint density at radius 3 is 0.714 bits per heavy atom. The van der Waals surface area contributed by atoms with Gasteiger partial charge in [-0.05, 0) is 91.4 Å². The molecule has 10 heteroatoms. The Labute approximate surface area is 212 Å². The SMILES string of the molecule is C1CCCCCCCCCSSSSSSSSSSCCCCCCCC1. The van der Waals surface area contributed by atoms with Gasteiger partial charge in [-0.1, -0.05) is 111 Å². The van der Waals surface area contributed by atoms with Crippen molar-refractivity contribution in [1.29, 1.82) is 0 Å². The minimum Gasteiger partial charge on any atom is -0.0817 e. The maximum absolute atomic E-state index is 2.04. The van der Waals surface area contributed by atoms with Crippen LogP contribution in [0.5, 0.6) is 0 Å². The molecule has 0 nitrogen and oxygen atoms in total. The molecule has 0 atom stereocenters. The van der Waals surface area contributed by atoms with Gasteiger partial charge in [0.15, 0.2) is 0 Å². The molecule has 0 aliphatic carbocycles. The van der Waals surface area contributed by atoms with Gasteiger partial charge in [0, 0.05) is 11.5 Å². The van der Waals surface area contributed by atoms with Crippen LogP contribution in [0, 0.1) is 0 Å². The van der Waals surface area contributed by atoms with E-state index in [9.17, 15) is 0 Å². The fourth-order valence-corrected chi connectivity index (χ4v) is 25.7. The fraction of sp³-hybridized carbons (Fsp3) is 1.00. The zero-order valence-corrected chi connectivity index (χ0v) is 25.0. The van der Waals surface area contributed by atoms with E-state index < -0.39 is 0 Å². The molecule has 1 saturated heterocycles. The van der Waals surface area contributed by atoms with Gasteiger partial charge in [-0.15, -0.1) is 0 Å². The second kappa shape index (κ2) is 26.7. The van der Waals surface area contributed by atoms with Gasteiger partial charge in [0.05, 0.1) is 0 Å². The van der Waals surface area contributed by atoms with Crippen molar-refractivity contribution in [1.82, 2.24) is 0 Å². The van der Waals surface area contributed by atoms with Gasteiger partial charge in [-0.3, -0.25) is 0 Å². The molecule has 0 unspecified atom stereocenters. The molecule has 0 aromatic rings. The van der Waals surface area contributed by atoms with Gasteiger partial charge in [0.1, 0.15) is 0 Å². The van der Waals surface area contributed by atoms with E-state index in [1.54, 1.807) is 0 Å². The van der Waals surface area contributed by atoms with Crippen molar-refractivity contribution in [3.05, 3.63) is 0 Å². The predicted octanol–water partition coefficient (Wildman–Crippen LogP) is 12.8. The Kier molecular flexibility index (Phi) is 28.2. The standard InChI is InChI=1S/C18H36S10/c1-2-4-6-8-10-12-14-16-18-20-22-24-26-28-27-25-23-21-19-17-15-13-11-9-7-5-3-1/h1-18H2. The van der Waals surface area contributed by atoms with Crippen molar-refractivity contribution < 1.29 is 0 Å². The highest BCUT2D eigenvalue weighted by atomic mass is 34.0. The van der Waals surface area contributed by atoms with E-state index in [2.05, 4.69) is 0 Å². The topological polar surface area (TPSA) is 0 Å². The van der Waals surface area contributed by atoms with E-state index in [1.165, 1.54) is 114 Å². The molecule has 1 heterocycles. The van der Waals surface area contributed by atoms with Crippen LogP contribution in [0.15, 0.2) is 0 Å². The Bertz CT molecular complexity index is 161. The lowest BCUT2D eigenvalue weighted by Gasteiger charge is -2.04.